The van der Waals surface area contributed by atoms with Gasteiger partial charge in [-0.2, -0.15) is 4.31 Å². The number of hydrogen-bond acceptors (Lipinski definition) is 8. The standard InChI is InChI=1S/C20H23N5O3S2/c1-14-23-24-20(29-14)22-19-5-3-4-18(21-19)15-10-12-25(13-11-15)30(26,27)17-8-6-16(28-2)7-9-17/h3-9,15H,10-13H2,1-2H3,(H,21,22,24). The van der Waals surface area contributed by atoms with E-state index in [9.17, 15) is 8.42 Å². The number of methoxy groups -OCH3 is 1. The van der Waals surface area contributed by atoms with Gasteiger partial charge in [0.05, 0.1) is 12.0 Å². The van der Waals surface area contributed by atoms with Crippen molar-refractivity contribution >= 4 is 32.3 Å². The van der Waals surface area contributed by atoms with Crippen molar-refractivity contribution in [1.29, 1.82) is 0 Å². The van der Waals surface area contributed by atoms with E-state index in [1.54, 1.807) is 35.7 Å². The molecule has 0 unspecified atom stereocenters. The van der Waals surface area contributed by atoms with Crippen LogP contribution in [0.1, 0.15) is 29.5 Å². The van der Waals surface area contributed by atoms with Crippen molar-refractivity contribution in [2.45, 2.75) is 30.6 Å². The van der Waals surface area contributed by atoms with Crippen molar-refractivity contribution in [3.05, 3.63) is 53.2 Å². The predicted octanol–water partition coefficient (Wildman–Crippen LogP) is 3.56. The summed E-state index contributed by atoms with van der Waals surface area (Å²) in [7, 11) is -1.95. The van der Waals surface area contributed by atoms with Crippen molar-refractivity contribution in [2.24, 2.45) is 0 Å². The average molecular weight is 446 g/mol. The zero-order chi connectivity index (χ0) is 21.1. The number of sulfonamides is 1. The summed E-state index contributed by atoms with van der Waals surface area (Å²) in [6, 6.07) is 12.4. The van der Waals surface area contributed by atoms with Gasteiger partial charge in [0.25, 0.3) is 0 Å². The van der Waals surface area contributed by atoms with Crippen molar-refractivity contribution in [3.8, 4) is 5.75 Å². The van der Waals surface area contributed by atoms with Gasteiger partial charge in [0.2, 0.25) is 15.2 Å². The minimum atomic E-state index is -3.51. The summed E-state index contributed by atoms with van der Waals surface area (Å²) >= 11 is 1.47. The van der Waals surface area contributed by atoms with E-state index in [2.05, 4.69) is 15.5 Å². The third-order valence-electron chi connectivity index (χ3n) is 5.10. The largest absolute Gasteiger partial charge is 0.497 e. The number of rotatable bonds is 6. The lowest BCUT2D eigenvalue weighted by molar-refractivity contribution is 0.317. The van der Waals surface area contributed by atoms with Crippen LogP contribution in [0, 0.1) is 6.92 Å². The summed E-state index contributed by atoms with van der Waals surface area (Å²) < 4.78 is 32.5. The number of hydrogen-bond donors (Lipinski definition) is 1. The van der Waals surface area contributed by atoms with Gasteiger partial charge in [0.1, 0.15) is 16.6 Å². The van der Waals surface area contributed by atoms with Gasteiger partial charge in [-0.1, -0.05) is 17.4 Å². The summed E-state index contributed by atoms with van der Waals surface area (Å²) in [4.78, 5) is 5.00. The van der Waals surface area contributed by atoms with Crippen molar-refractivity contribution in [3.63, 3.8) is 0 Å². The minimum absolute atomic E-state index is 0.213. The molecule has 0 amide bonds. The normalized spacial score (nSPS) is 15.8. The van der Waals surface area contributed by atoms with Gasteiger partial charge < -0.3 is 10.1 Å². The van der Waals surface area contributed by atoms with Gasteiger partial charge in [-0.15, -0.1) is 10.2 Å². The third-order valence-corrected chi connectivity index (χ3v) is 7.77. The first-order chi connectivity index (χ1) is 14.5. The van der Waals surface area contributed by atoms with Gasteiger partial charge in [0.15, 0.2) is 0 Å². The first kappa shape index (κ1) is 20.7. The molecule has 0 saturated carbocycles. The number of pyridine rings is 1. The number of ether oxygens (including phenoxy) is 1. The molecule has 3 aromatic rings. The highest BCUT2D eigenvalue weighted by molar-refractivity contribution is 7.89. The van der Waals surface area contributed by atoms with Gasteiger partial charge in [0, 0.05) is 24.7 Å². The highest BCUT2D eigenvalue weighted by Gasteiger charge is 2.30. The fourth-order valence-electron chi connectivity index (χ4n) is 3.49. The molecule has 0 spiro atoms. The molecular weight excluding hydrogens is 422 g/mol. The predicted molar refractivity (Wildman–Crippen MR) is 116 cm³/mol. The molecule has 4 rings (SSSR count). The average Bonchev–Trinajstić information content (AvgIpc) is 3.18. The van der Waals surface area contributed by atoms with Gasteiger partial charge in [-0.3, -0.25) is 0 Å². The Kier molecular flexibility index (Phi) is 5.98. The number of piperidine rings is 1. The molecule has 1 fully saturated rings. The van der Waals surface area contributed by atoms with Gasteiger partial charge in [-0.05, 0) is 56.2 Å². The summed E-state index contributed by atoms with van der Waals surface area (Å²) in [5.74, 6) is 1.57. The van der Waals surface area contributed by atoms with E-state index >= 15 is 0 Å². The van der Waals surface area contributed by atoms with Crippen LogP contribution in [0.2, 0.25) is 0 Å². The molecule has 0 atom stereocenters. The highest BCUT2D eigenvalue weighted by Crippen LogP contribution is 2.31. The molecule has 1 aliphatic heterocycles. The molecule has 8 nitrogen and oxygen atoms in total. The first-order valence-electron chi connectivity index (χ1n) is 9.64. The van der Waals surface area contributed by atoms with E-state index in [-0.39, 0.29) is 5.92 Å². The summed E-state index contributed by atoms with van der Waals surface area (Å²) in [6.07, 6.45) is 1.45. The molecular formula is C20H23N5O3S2. The Balaban J connectivity index is 1.42. The summed E-state index contributed by atoms with van der Waals surface area (Å²) in [5, 5.41) is 12.8. The molecule has 0 aliphatic carbocycles. The monoisotopic (exact) mass is 445 g/mol. The molecule has 158 valence electrons. The smallest absolute Gasteiger partial charge is 0.243 e. The number of benzene rings is 1. The fraction of sp³-hybridized carbons (Fsp3) is 0.350. The van der Waals surface area contributed by atoms with Crippen LogP contribution < -0.4 is 10.1 Å². The highest BCUT2D eigenvalue weighted by atomic mass is 32.2. The van der Waals surface area contributed by atoms with E-state index in [4.69, 9.17) is 9.72 Å². The van der Waals surface area contributed by atoms with Crippen LogP contribution in [0.15, 0.2) is 47.4 Å². The molecule has 1 saturated heterocycles. The Morgan fingerprint density at radius 1 is 1.10 bits per heavy atom. The minimum Gasteiger partial charge on any atom is -0.497 e. The van der Waals surface area contributed by atoms with Crippen LogP contribution in [-0.2, 0) is 10.0 Å². The van der Waals surface area contributed by atoms with E-state index in [0.29, 0.717) is 28.9 Å². The van der Waals surface area contributed by atoms with Gasteiger partial charge in [-0.25, -0.2) is 13.4 Å². The number of anilines is 2. The topological polar surface area (TPSA) is 97.3 Å². The maximum absolute atomic E-state index is 12.9. The second kappa shape index (κ2) is 8.66. The van der Waals surface area contributed by atoms with Crippen LogP contribution in [0.25, 0.3) is 0 Å². The van der Waals surface area contributed by atoms with E-state index < -0.39 is 10.0 Å². The van der Waals surface area contributed by atoms with Crippen LogP contribution in [0.4, 0.5) is 10.9 Å². The van der Waals surface area contributed by atoms with Crippen molar-refractivity contribution in [1.82, 2.24) is 19.5 Å². The van der Waals surface area contributed by atoms with Crippen LogP contribution in [0.3, 0.4) is 0 Å². The number of aromatic nitrogens is 3. The Morgan fingerprint density at radius 2 is 1.83 bits per heavy atom. The Bertz CT molecular complexity index is 1110. The maximum Gasteiger partial charge on any atom is 0.243 e. The van der Waals surface area contributed by atoms with E-state index in [1.165, 1.54) is 11.3 Å². The van der Waals surface area contributed by atoms with Crippen LogP contribution >= 0.6 is 11.3 Å². The quantitative estimate of drug-likeness (QED) is 0.619. The zero-order valence-electron chi connectivity index (χ0n) is 16.8. The zero-order valence-corrected chi connectivity index (χ0v) is 18.4. The molecule has 0 bridgehead atoms. The lowest BCUT2D eigenvalue weighted by atomic mass is 9.94. The molecule has 3 heterocycles. The summed E-state index contributed by atoms with van der Waals surface area (Å²) in [6.45, 7) is 2.84. The second-order valence-corrected chi connectivity index (χ2v) is 10.2. The maximum atomic E-state index is 12.9. The molecule has 30 heavy (non-hydrogen) atoms. The Hall–Kier alpha value is -2.56. The molecule has 0 radical (unpaired) electrons. The van der Waals surface area contributed by atoms with Gasteiger partial charge >= 0.3 is 0 Å². The van der Waals surface area contributed by atoms with E-state index in [0.717, 1.165) is 29.4 Å². The Morgan fingerprint density at radius 3 is 2.47 bits per heavy atom. The molecule has 10 heteroatoms. The fourth-order valence-corrected chi connectivity index (χ4v) is 5.56. The van der Waals surface area contributed by atoms with Crippen LogP contribution in [-0.4, -0.2) is 48.1 Å². The lowest BCUT2D eigenvalue weighted by Gasteiger charge is -2.31. The number of nitrogens with zero attached hydrogens (tertiary/aromatic N) is 4. The Labute approximate surface area is 180 Å². The molecule has 2 aromatic heterocycles. The number of aryl methyl sites for hydroxylation is 1. The number of nitrogens with one attached hydrogen (secondary N) is 1. The molecule has 1 aromatic carbocycles. The van der Waals surface area contributed by atoms with Crippen molar-refractivity contribution < 1.29 is 13.2 Å². The summed E-state index contributed by atoms with van der Waals surface area (Å²) in [5.41, 5.74) is 0.961. The van der Waals surface area contributed by atoms with E-state index in [1.807, 2.05) is 25.1 Å². The lowest BCUT2D eigenvalue weighted by Crippen LogP contribution is -2.38. The SMILES string of the molecule is COc1ccc(S(=O)(=O)N2CCC(c3cccc(Nc4nnc(C)s4)n3)CC2)cc1. The molecule has 1 N–H and O–H groups in total. The van der Waals surface area contributed by atoms with Crippen LogP contribution in [0.5, 0.6) is 5.75 Å². The van der Waals surface area contributed by atoms with Crippen molar-refractivity contribution in [2.75, 3.05) is 25.5 Å². The first-order valence-corrected chi connectivity index (χ1v) is 11.9. The third kappa shape index (κ3) is 4.45. The second-order valence-electron chi connectivity index (χ2n) is 7.05. The molecule has 1 aliphatic rings.